The maximum Gasteiger partial charge on any atom is 0.264 e. The molecule has 0 aliphatic rings. The van der Waals surface area contributed by atoms with Gasteiger partial charge in [-0.2, -0.15) is 0 Å². The number of carbonyl (C=O) groups excluding carboxylic acids is 1. The monoisotopic (exact) mass is 609 g/mol. The maximum absolute atomic E-state index is 13.7. The van der Waals surface area contributed by atoms with Gasteiger partial charge in [-0.25, -0.2) is 18.1 Å². The predicted molar refractivity (Wildman–Crippen MR) is 174 cm³/mol. The number of benzene rings is 4. The van der Waals surface area contributed by atoms with Gasteiger partial charge in [0.15, 0.2) is 0 Å². The number of aromatic nitrogens is 2. The van der Waals surface area contributed by atoms with E-state index in [4.69, 9.17) is 4.98 Å². The number of thioether (sulfide) groups is 1. The molecule has 0 aliphatic carbocycles. The van der Waals surface area contributed by atoms with Crippen molar-refractivity contribution in [3.8, 4) is 11.1 Å². The summed E-state index contributed by atoms with van der Waals surface area (Å²) in [6, 6.07) is 33.1. The Morgan fingerprint density at radius 1 is 0.860 bits per heavy atom. The van der Waals surface area contributed by atoms with Crippen LogP contribution in [-0.4, -0.2) is 30.1 Å². The van der Waals surface area contributed by atoms with Crippen LogP contribution in [0.4, 0.5) is 0 Å². The van der Waals surface area contributed by atoms with Gasteiger partial charge in [-0.3, -0.25) is 4.79 Å². The quantitative estimate of drug-likeness (QED) is 0.157. The van der Waals surface area contributed by atoms with Gasteiger partial charge in [0.2, 0.25) is 5.91 Å². The molecule has 0 spiro atoms. The fourth-order valence-electron chi connectivity index (χ4n) is 5.16. The first-order valence-corrected chi connectivity index (χ1v) is 17.0. The summed E-state index contributed by atoms with van der Waals surface area (Å²) in [5, 5.41) is 0.995. The summed E-state index contributed by atoms with van der Waals surface area (Å²) < 4.78 is 32.0. The van der Waals surface area contributed by atoms with E-state index in [-0.39, 0.29) is 4.90 Å². The normalized spacial score (nSPS) is 12.3. The highest BCUT2D eigenvalue weighted by Crippen LogP contribution is 2.30. The Morgan fingerprint density at radius 2 is 1.44 bits per heavy atom. The van der Waals surface area contributed by atoms with Crippen LogP contribution in [0.25, 0.3) is 11.1 Å². The molecule has 4 aromatic carbocycles. The Balaban J connectivity index is 1.41. The first-order chi connectivity index (χ1) is 20.8. The van der Waals surface area contributed by atoms with E-state index in [1.165, 1.54) is 6.07 Å². The molecule has 0 radical (unpaired) electrons. The highest BCUT2D eigenvalue weighted by molar-refractivity contribution is 7.98. The van der Waals surface area contributed by atoms with E-state index in [1.807, 2.05) is 91.2 Å². The van der Waals surface area contributed by atoms with Crippen LogP contribution >= 0.6 is 11.8 Å². The second kappa shape index (κ2) is 13.4. The molecule has 1 unspecified atom stereocenters. The number of amides is 1. The highest BCUT2D eigenvalue weighted by Gasteiger charge is 2.29. The van der Waals surface area contributed by atoms with Crippen molar-refractivity contribution in [1.29, 1.82) is 0 Å². The van der Waals surface area contributed by atoms with E-state index in [0.29, 0.717) is 29.2 Å². The number of nitrogens with one attached hydrogen (secondary N) is 1. The van der Waals surface area contributed by atoms with E-state index < -0.39 is 21.8 Å². The Hall–Kier alpha value is -4.14. The van der Waals surface area contributed by atoms with Crippen LogP contribution in [-0.2, 0) is 21.4 Å². The smallest absolute Gasteiger partial charge is 0.264 e. The predicted octanol–water partition coefficient (Wildman–Crippen LogP) is 7.47. The summed E-state index contributed by atoms with van der Waals surface area (Å²) in [6.07, 6.45) is 5.12. The molecule has 1 atom stereocenters. The van der Waals surface area contributed by atoms with Gasteiger partial charge in [0.25, 0.3) is 10.0 Å². The molecule has 220 valence electrons. The first-order valence-electron chi connectivity index (χ1n) is 14.3. The van der Waals surface area contributed by atoms with Gasteiger partial charge in [0, 0.05) is 24.2 Å². The SMILES string of the molecule is CCC(C)c1nc(SC)cn1Cc1ccc(-c2ccccc2S(=O)(=O)NC(=O)C(c2ccccc2)c2ccccc2)cc1. The van der Waals surface area contributed by atoms with E-state index in [2.05, 4.69) is 29.3 Å². The fraction of sp³-hybridized carbons (Fsp3) is 0.200. The molecule has 43 heavy (non-hydrogen) atoms. The standard InChI is InChI=1S/C35H35N3O3S2/c1-4-25(2)34-36-32(42-3)24-38(34)23-26-19-21-27(22-20-26)30-17-11-12-18-31(30)43(40,41)37-35(39)33(28-13-7-5-8-14-28)29-15-9-6-10-16-29/h5-22,24-25,33H,4,23H2,1-3H3,(H,37,39). The molecule has 0 bridgehead atoms. The zero-order valence-electron chi connectivity index (χ0n) is 24.5. The van der Waals surface area contributed by atoms with Gasteiger partial charge < -0.3 is 4.57 Å². The molecule has 1 heterocycles. The maximum atomic E-state index is 13.7. The van der Waals surface area contributed by atoms with E-state index in [1.54, 1.807) is 30.0 Å². The summed E-state index contributed by atoms with van der Waals surface area (Å²) in [5.41, 5.74) is 3.78. The van der Waals surface area contributed by atoms with Gasteiger partial charge >= 0.3 is 0 Å². The van der Waals surface area contributed by atoms with Crippen molar-refractivity contribution in [2.75, 3.05) is 6.26 Å². The Morgan fingerprint density at radius 3 is 2.02 bits per heavy atom. The number of rotatable bonds is 11. The fourth-order valence-corrected chi connectivity index (χ4v) is 6.81. The highest BCUT2D eigenvalue weighted by atomic mass is 32.2. The Kier molecular flexibility index (Phi) is 9.48. The minimum Gasteiger partial charge on any atom is -0.329 e. The summed E-state index contributed by atoms with van der Waals surface area (Å²) in [4.78, 5) is 18.5. The molecule has 8 heteroatoms. The molecule has 6 nitrogen and oxygen atoms in total. The number of imidazole rings is 1. The van der Waals surface area contributed by atoms with Crippen molar-refractivity contribution >= 4 is 27.7 Å². The van der Waals surface area contributed by atoms with Crippen molar-refractivity contribution in [3.05, 3.63) is 138 Å². The number of hydrogen-bond acceptors (Lipinski definition) is 5. The van der Waals surface area contributed by atoms with Gasteiger partial charge in [-0.05, 0) is 41.0 Å². The first kappa shape index (κ1) is 30.3. The van der Waals surface area contributed by atoms with Crippen molar-refractivity contribution in [3.63, 3.8) is 0 Å². The van der Waals surface area contributed by atoms with Gasteiger partial charge in [-0.15, -0.1) is 11.8 Å². The lowest BCUT2D eigenvalue weighted by molar-refractivity contribution is -0.119. The van der Waals surface area contributed by atoms with E-state index in [0.717, 1.165) is 28.4 Å². The molecule has 1 aromatic heterocycles. The zero-order chi connectivity index (χ0) is 30.4. The molecular formula is C35H35N3O3S2. The zero-order valence-corrected chi connectivity index (χ0v) is 26.1. The number of carbonyl (C=O) groups is 1. The molecule has 0 saturated heterocycles. The molecule has 0 aliphatic heterocycles. The van der Waals surface area contributed by atoms with Crippen molar-refractivity contribution in [2.24, 2.45) is 0 Å². The second-order valence-corrected chi connectivity index (χ2v) is 13.0. The van der Waals surface area contributed by atoms with Crippen molar-refractivity contribution < 1.29 is 13.2 Å². The molecule has 5 aromatic rings. The molecular weight excluding hydrogens is 575 g/mol. The van der Waals surface area contributed by atoms with Gasteiger partial charge in [0.1, 0.15) is 10.9 Å². The topological polar surface area (TPSA) is 81.1 Å². The lowest BCUT2D eigenvalue weighted by Gasteiger charge is -2.19. The molecule has 0 saturated carbocycles. The Labute approximate surface area is 258 Å². The van der Waals surface area contributed by atoms with Crippen LogP contribution in [0.2, 0.25) is 0 Å². The summed E-state index contributed by atoms with van der Waals surface area (Å²) in [6.45, 7) is 5.02. The third-order valence-corrected chi connectivity index (χ3v) is 9.62. The van der Waals surface area contributed by atoms with Crippen LogP contribution in [0.1, 0.15) is 54.6 Å². The van der Waals surface area contributed by atoms with Crippen molar-refractivity contribution in [1.82, 2.24) is 14.3 Å². The second-order valence-electron chi connectivity index (χ2n) is 10.5. The number of nitrogens with zero attached hydrogens (tertiary/aromatic N) is 2. The number of sulfonamides is 1. The minimum absolute atomic E-state index is 0.0502. The van der Waals surface area contributed by atoms with E-state index >= 15 is 0 Å². The third kappa shape index (κ3) is 6.92. The third-order valence-electron chi connectivity index (χ3n) is 7.60. The summed E-state index contributed by atoms with van der Waals surface area (Å²) in [7, 11) is -4.19. The molecule has 5 rings (SSSR count). The van der Waals surface area contributed by atoms with Gasteiger partial charge in [0.05, 0.1) is 10.8 Å². The average Bonchev–Trinajstić information content (AvgIpc) is 3.45. The largest absolute Gasteiger partial charge is 0.329 e. The lowest BCUT2D eigenvalue weighted by Crippen LogP contribution is -2.35. The summed E-state index contributed by atoms with van der Waals surface area (Å²) >= 11 is 1.63. The van der Waals surface area contributed by atoms with Crippen LogP contribution in [0.15, 0.2) is 125 Å². The minimum atomic E-state index is -4.19. The van der Waals surface area contributed by atoms with Crippen LogP contribution in [0.5, 0.6) is 0 Å². The average molecular weight is 610 g/mol. The van der Waals surface area contributed by atoms with Gasteiger partial charge in [-0.1, -0.05) is 117 Å². The van der Waals surface area contributed by atoms with Crippen LogP contribution in [0.3, 0.4) is 0 Å². The van der Waals surface area contributed by atoms with Crippen LogP contribution in [0, 0.1) is 0 Å². The summed E-state index contributed by atoms with van der Waals surface area (Å²) in [5.74, 6) is 0.0200. The molecule has 1 amide bonds. The van der Waals surface area contributed by atoms with Crippen LogP contribution < -0.4 is 4.72 Å². The van der Waals surface area contributed by atoms with E-state index in [9.17, 15) is 13.2 Å². The molecule has 0 fully saturated rings. The number of hydrogen-bond donors (Lipinski definition) is 1. The lowest BCUT2D eigenvalue weighted by atomic mass is 9.91. The van der Waals surface area contributed by atoms with Crippen molar-refractivity contribution in [2.45, 2.75) is 48.6 Å². The molecule has 1 N–H and O–H groups in total. The Bertz CT molecular complexity index is 1750.